The zero-order valence-electron chi connectivity index (χ0n) is 25.6. The summed E-state index contributed by atoms with van der Waals surface area (Å²) in [4.78, 5) is 37.6. The molecule has 6 rings (SSSR count). The number of aromatic nitrogens is 2. The van der Waals surface area contributed by atoms with Gasteiger partial charge >= 0.3 is 0 Å². The standard InChI is InChI=1S/C36H35N5O4/c1-22-8-13-27(33-34(35(37)42)40-30-7-5-4-6-29(30)39-33)28(18-22)36(43)38-26-11-9-23(10-12-26)14-16-41-17-15-24-19-31(44-2)32(45-3)20-25(24)21-41/h4-13,18-20H,14-17,21H2,1-3H3,(H2,37,42)(H,38,43). The fourth-order valence-electron chi connectivity index (χ4n) is 5.78. The molecule has 1 aliphatic heterocycles. The number of fused-ring (bicyclic) bond motifs is 2. The predicted molar refractivity (Wildman–Crippen MR) is 175 cm³/mol. The van der Waals surface area contributed by atoms with Gasteiger partial charge in [0, 0.05) is 36.4 Å². The summed E-state index contributed by atoms with van der Waals surface area (Å²) in [7, 11) is 3.33. The number of nitrogens with zero attached hydrogens (tertiary/aromatic N) is 3. The molecule has 0 saturated carbocycles. The maximum atomic E-state index is 13.6. The Morgan fingerprint density at radius 3 is 2.27 bits per heavy atom. The molecule has 1 aliphatic rings. The number of hydrogen-bond donors (Lipinski definition) is 2. The van der Waals surface area contributed by atoms with Crippen molar-refractivity contribution in [3.63, 3.8) is 0 Å². The van der Waals surface area contributed by atoms with Crippen LogP contribution in [0.2, 0.25) is 0 Å². The summed E-state index contributed by atoms with van der Waals surface area (Å²) in [5, 5.41) is 3.01. The van der Waals surface area contributed by atoms with Gasteiger partial charge in [0.2, 0.25) is 0 Å². The van der Waals surface area contributed by atoms with Crippen LogP contribution in [0.25, 0.3) is 22.3 Å². The van der Waals surface area contributed by atoms with Gasteiger partial charge in [-0.15, -0.1) is 0 Å². The lowest BCUT2D eigenvalue weighted by Gasteiger charge is -2.29. The minimum Gasteiger partial charge on any atom is -0.493 e. The lowest BCUT2D eigenvalue weighted by molar-refractivity contribution is 0.0993. The van der Waals surface area contributed by atoms with Crippen molar-refractivity contribution in [3.05, 3.63) is 112 Å². The van der Waals surface area contributed by atoms with Gasteiger partial charge in [-0.25, -0.2) is 9.97 Å². The van der Waals surface area contributed by atoms with E-state index in [0.717, 1.165) is 49.5 Å². The highest BCUT2D eigenvalue weighted by Crippen LogP contribution is 2.33. The van der Waals surface area contributed by atoms with Crippen molar-refractivity contribution in [2.24, 2.45) is 5.73 Å². The molecule has 2 amide bonds. The van der Waals surface area contributed by atoms with Crippen LogP contribution in [-0.4, -0.2) is 54.0 Å². The van der Waals surface area contributed by atoms with Crippen molar-refractivity contribution in [3.8, 4) is 22.8 Å². The maximum Gasteiger partial charge on any atom is 0.269 e. The van der Waals surface area contributed by atoms with Gasteiger partial charge in [-0.05, 0) is 78.9 Å². The number of rotatable bonds is 9. The number of amides is 2. The number of benzene rings is 4. The molecule has 4 aromatic carbocycles. The van der Waals surface area contributed by atoms with E-state index in [1.54, 1.807) is 32.4 Å². The Kier molecular flexibility index (Phi) is 8.44. The molecular formula is C36H35N5O4. The number of methoxy groups -OCH3 is 2. The average Bonchev–Trinajstić information content (AvgIpc) is 3.06. The molecule has 5 aromatic rings. The van der Waals surface area contributed by atoms with Crippen LogP contribution in [0.1, 0.15) is 43.1 Å². The normalized spacial score (nSPS) is 12.9. The van der Waals surface area contributed by atoms with Crippen molar-refractivity contribution >= 4 is 28.5 Å². The van der Waals surface area contributed by atoms with Gasteiger partial charge in [0.25, 0.3) is 11.8 Å². The minimum atomic E-state index is -0.709. The molecule has 3 N–H and O–H groups in total. The third-order valence-electron chi connectivity index (χ3n) is 8.20. The third kappa shape index (κ3) is 6.34. The second-order valence-corrected chi connectivity index (χ2v) is 11.2. The van der Waals surface area contributed by atoms with Gasteiger partial charge in [-0.1, -0.05) is 42.0 Å². The Balaban J connectivity index is 1.15. The molecule has 0 aliphatic carbocycles. The Morgan fingerprint density at radius 1 is 0.889 bits per heavy atom. The number of hydrogen-bond acceptors (Lipinski definition) is 7. The van der Waals surface area contributed by atoms with E-state index in [1.165, 1.54) is 16.7 Å². The molecule has 9 nitrogen and oxygen atoms in total. The number of aryl methyl sites for hydroxylation is 1. The number of primary amides is 1. The van der Waals surface area contributed by atoms with Crippen molar-refractivity contribution in [2.75, 3.05) is 32.6 Å². The molecule has 45 heavy (non-hydrogen) atoms. The Labute approximate surface area is 262 Å². The summed E-state index contributed by atoms with van der Waals surface area (Å²) in [6.45, 7) is 4.67. The molecule has 1 aromatic heterocycles. The smallest absolute Gasteiger partial charge is 0.269 e. The predicted octanol–water partition coefficient (Wildman–Crippen LogP) is 5.57. The maximum absolute atomic E-state index is 13.6. The van der Waals surface area contributed by atoms with E-state index < -0.39 is 5.91 Å². The van der Waals surface area contributed by atoms with E-state index in [9.17, 15) is 9.59 Å². The first-order valence-corrected chi connectivity index (χ1v) is 14.9. The number of nitrogens with two attached hydrogens (primary N) is 1. The van der Waals surface area contributed by atoms with Gasteiger partial charge in [0.05, 0.1) is 25.3 Å². The summed E-state index contributed by atoms with van der Waals surface area (Å²) < 4.78 is 11.0. The van der Waals surface area contributed by atoms with E-state index in [1.807, 2.05) is 55.5 Å². The second kappa shape index (κ2) is 12.8. The van der Waals surface area contributed by atoms with Crippen molar-refractivity contribution in [2.45, 2.75) is 26.3 Å². The van der Waals surface area contributed by atoms with E-state index in [0.29, 0.717) is 27.8 Å². The van der Waals surface area contributed by atoms with Crippen molar-refractivity contribution in [1.82, 2.24) is 14.9 Å². The van der Waals surface area contributed by atoms with Gasteiger partial charge in [0.15, 0.2) is 17.2 Å². The van der Waals surface area contributed by atoms with Crippen LogP contribution < -0.4 is 20.5 Å². The number of ether oxygens (including phenoxy) is 2. The third-order valence-corrected chi connectivity index (χ3v) is 8.20. The Bertz CT molecular complexity index is 1900. The molecule has 9 heteroatoms. The fraction of sp³-hybridized carbons (Fsp3) is 0.222. The first-order valence-electron chi connectivity index (χ1n) is 14.9. The summed E-state index contributed by atoms with van der Waals surface area (Å²) in [6.07, 6.45) is 1.85. The molecule has 0 bridgehead atoms. The van der Waals surface area contributed by atoms with Gasteiger partial charge in [-0.3, -0.25) is 14.5 Å². The zero-order chi connectivity index (χ0) is 31.5. The quantitative estimate of drug-likeness (QED) is 0.227. The Morgan fingerprint density at radius 2 is 1.58 bits per heavy atom. The van der Waals surface area contributed by atoms with Crippen LogP contribution in [0.15, 0.2) is 78.9 Å². The van der Waals surface area contributed by atoms with Gasteiger partial charge in [0.1, 0.15) is 5.69 Å². The molecule has 2 heterocycles. The second-order valence-electron chi connectivity index (χ2n) is 11.2. The molecule has 0 saturated heterocycles. The molecular weight excluding hydrogens is 566 g/mol. The van der Waals surface area contributed by atoms with Crippen LogP contribution in [0.4, 0.5) is 5.69 Å². The molecule has 228 valence electrons. The number of para-hydroxylation sites is 2. The van der Waals surface area contributed by atoms with Gasteiger partial charge < -0.3 is 20.5 Å². The van der Waals surface area contributed by atoms with E-state index in [-0.39, 0.29) is 17.3 Å². The molecule has 0 radical (unpaired) electrons. The van der Waals surface area contributed by atoms with Crippen molar-refractivity contribution in [1.29, 1.82) is 0 Å². The summed E-state index contributed by atoms with van der Waals surface area (Å²) in [5.41, 5.74) is 13.3. The largest absolute Gasteiger partial charge is 0.493 e. The summed E-state index contributed by atoms with van der Waals surface area (Å²) >= 11 is 0. The minimum absolute atomic E-state index is 0.0204. The van der Waals surface area contributed by atoms with Gasteiger partial charge in [-0.2, -0.15) is 0 Å². The van der Waals surface area contributed by atoms with E-state index in [4.69, 9.17) is 15.2 Å². The van der Waals surface area contributed by atoms with E-state index >= 15 is 0 Å². The Hall–Kier alpha value is -5.28. The summed E-state index contributed by atoms with van der Waals surface area (Å²) in [5.74, 6) is 0.505. The highest BCUT2D eigenvalue weighted by atomic mass is 16.5. The lowest BCUT2D eigenvalue weighted by Crippen LogP contribution is -2.32. The lowest BCUT2D eigenvalue weighted by atomic mass is 9.98. The highest BCUT2D eigenvalue weighted by Gasteiger charge is 2.22. The number of anilines is 1. The molecule has 0 spiro atoms. The SMILES string of the molecule is COc1cc2c(cc1OC)CN(CCc1ccc(NC(=O)c3cc(C)ccc3-c3nc4ccccc4nc3C(N)=O)cc1)CC2. The van der Waals surface area contributed by atoms with Crippen LogP contribution in [0.3, 0.4) is 0 Å². The van der Waals surface area contributed by atoms with Crippen LogP contribution in [-0.2, 0) is 19.4 Å². The number of carbonyl (C=O) groups is 2. The number of nitrogens with one attached hydrogen (secondary N) is 1. The van der Waals surface area contributed by atoms with Crippen LogP contribution in [0.5, 0.6) is 11.5 Å². The molecule has 0 atom stereocenters. The zero-order valence-corrected chi connectivity index (χ0v) is 25.6. The van der Waals surface area contributed by atoms with Crippen molar-refractivity contribution < 1.29 is 19.1 Å². The first-order chi connectivity index (χ1) is 21.8. The topological polar surface area (TPSA) is 120 Å². The molecule has 0 fully saturated rings. The van der Waals surface area contributed by atoms with Crippen LogP contribution >= 0.6 is 0 Å². The first kappa shape index (κ1) is 29.8. The monoisotopic (exact) mass is 601 g/mol. The van der Waals surface area contributed by atoms with Crippen LogP contribution in [0, 0.1) is 6.92 Å². The average molecular weight is 602 g/mol. The molecule has 0 unspecified atom stereocenters. The highest BCUT2D eigenvalue weighted by molar-refractivity contribution is 6.10. The number of carbonyl (C=O) groups excluding carboxylic acids is 2. The fourth-order valence-corrected chi connectivity index (χ4v) is 5.78. The van der Waals surface area contributed by atoms with E-state index in [2.05, 4.69) is 32.3 Å². The summed E-state index contributed by atoms with van der Waals surface area (Å²) in [6, 6.07) is 24.8.